The van der Waals surface area contributed by atoms with E-state index in [9.17, 15) is 0 Å². The Labute approximate surface area is 124 Å². The standard InChI is InChI=1S/C15H21N3OS/c1-11(2)7-8-16-15-17-14(18-20-15)10-12-5-4-6-13(9-12)19-3/h4-6,9,11H,7-8,10H2,1-3H3,(H,16,17,18). The molecule has 1 N–H and O–H groups in total. The maximum Gasteiger partial charge on any atom is 0.202 e. The molecule has 0 saturated carbocycles. The van der Waals surface area contributed by atoms with E-state index in [1.54, 1.807) is 7.11 Å². The van der Waals surface area contributed by atoms with Crippen LogP contribution in [0, 0.1) is 5.92 Å². The van der Waals surface area contributed by atoms with E-state index in [1.807, 2.05) is 18.2 Å². The molecule has 0 spiro atoms. The van der Waals surface area contributed by atoms with Gasteiger partial charge in [-0.15, -0.1) is 0 Å². The van der Waals surface area contributed by atoms with Gasteiger partial charge in [0.05, 0.1) is 7.11 Å². The predicted molar refractivity (Wildman–Crippen MR) is 83.7 cm³/mol. The molecule has 2 aromatic rings. The average molecular weight is 291 g/mol. The highest BCUT2D eigenvalue weighted by molar-refractivity contribution is 7.09. The third-order valence-electron chi connectivity index (χ3n) is 2.96. The van der Waals surface area contributed by atoms with Gasteiger partial charge in [0.15, 0.2) is 0 Å². The zero-order chi connectivity index (χ0) is 14.4. The van der Waals surface area contributed by atoms with E-state index in [0.29, 0.717) is 5.92 Å². The molecule has 2 rings (SSSR count). The SMILES string of the molecule is COc1cccc(Cc2nsc(NCCC(C)C)n2)c1. The molecule has 0 atom stereocenters. The Bertz CT molecular complexity index is 539. The lowest BCUT2D eigenvalue weighted by molar-refractivity contribution is 0.414. The predicted octanol–water partition coefficient (Wildman–Crippen LogP) is 3.60. The summed E-state index contributed by atoms with van der Waals surface area (Å²) in [6, 6.07) is 8.02. The average Bonchev–Trinajstić information content (AvgIpc) is 2.86. The largest absolute Gasteiger partial charge is 0.497 e. The molecule has 20 heavy (non-hydrogen) atoms. The Morgan fingerprint density at radius 2 is 2.20 bits per heavy atom. The van der Waals surface area contributed by atoms with Crippen molar-refractivity contribution in [2.45, 2.75) is 26.7 Å². The minimum atomic E-state index is 0.701. The molecule has 0 fully saturated rings. The molecule has 5 heteroatoms. The molecular weight excluding hydrogens is 270 g/mol. The maximum absolute atomic E-state index is 5.22. The smallest absolute Gasteiger partial charge is 0.202 e. The van der Waals surface area contributed by atoms with Crippen molar-refractivity contribution in [2.24, 2.45) is 5.92 Å². The van der Waals surface area contributed by atoms with Crippen molar-refractivity contribution in [3.63, 3.8) is 0 Å². The number of hydrogen-bond donors (Lipinski definition) is 1. The Morgan fingerprint density at radius 3 is 2.95 bits per heavy atom. The molecule has 0 aliphatic rings. The van der Waals surface area contributed by atoms with Gasteiger partial charge in [0.25, 0.3) is 0 Å². The highest BCUT2D eigenvalue weighted by Crippen LogP contribution is 2.17. The van der Waals surface area contributed by atoms with Crippen molar-refractivity contribution in [3.05, 3.63) is 35.7 Å². The molecule has 1 aromatic heterocycles. The van der Waals surface area contributed by atoms with Crippen LogP contribution in [0.3, 0.4) is 0 Å². The van der Waals surface area contributed by atoms with Crippen LogP contribution in [0.25, 0.3) is 0 Å². The van der Waals surface area contributed by atoms with Crippen LogP contribution in [0.2, 0.25) is 0 Å². The van der Waals surface area contributed by atoms with Gasteiger partial charge in [-0.25, -0.2) is 4.98 Å². The Balaban J connectivity index is 1.91. The summed E-state index contributed by atoms with van der Waals surface area (Å²) < 4.78 is 9.61. The second-order valence-corrected chi connectivity index (χ2v) is 5.91. The summed E-state index contributed by atoms with van der Waals surface area (Å²) in [7, 11) is 1.68. The first kappa shape index (κ1) is 14.8. The number of methoxy groups -OCH3 is 1. The number of ether oxygens (including phenoxy) is 1. The third-order valence-corrected chi connectivity index (χ3v) is 3.67. The highest BCUT2D eigenvalue weighted by atomic mass is 32.1. The van der Waals surface area contributed by atoms with Crippen molar-refractivity contribution >= 4 is 16.7 Å². The topological polar surface area (TPSA) is 47.0 Å². The first-order chi connectivity index (χ1) is 9.67. The normalized spacial score (nSPS) is 10.8. The summed E-state index contributed by atoms with van der Waals surface area (Å²) in [6.45, 7) is 5.39. The van der Waals surface area contributed by atoms with Crippen LogP contribution in [0.4, 0.5) is 5.13 Å². The van der Waals surface area contributed by atoms with Crippen molar-refractivity contribution in [1.82, 2.24) is 9.36 Å². The molecule has 0 bridgehead atoms. The van der Waals surface area contributed by atoms with Crippen molar-refractivity contribution < 1.29 is 4.74 Å². The lowest BCUT2D eigenvalue weighted by atomic mass is 10.1. The highest BCUT2D eigenvalue weighted by Gasteiger charge is 2.06. The first-order valence-electron chi connectivity index (χ1n) is 6.86. The molecule has 0 aliphatic carbocycles. The minimum absolute atomic E-state index is 0.701. The zero-order valence-corrected chi connectivity index (χ0v) is 13.0. The van der Waals surface area contributed by atoms with Gasteiger partial charge < -0.3 is 10.1 Å². The van der Waals surface area contributed by atoms with Gasteiger partial charge in [-0.2, -0.15) is 4.37 Å². The molecule has 1 heterocycles. The van der Waals surface area contributed by atoms with Crippen LogP contribution in [0.5, 0.6) is 5.75 Å². The number of benzene rings is 1. The van der Waals surface area contributed by atoms with Gasteiger partial charge >= 0.3 is 0 Å². The van der Waals surface area contributed by atoms with Crippen LogP contribution in [-0.4, -0.2) is 23.0 Å². The minimum Gasteiger partial charge on any atom is -0.497 e. The Kier molecular flexibility index (Phi) is 5.35. The summed E-state index contributed by atoms with van der Waals surface area (Å²) in [5, 5.41) is 4.23. The number of nitrogens with one attached hydrogen (secondary N) is 1. The van der Waals surface area contributed by atoms with E-state index in [1.165, 1.54) is 11.5 Å². The summed E-state index contributed by atoms with van der Waals surface area (Å²) >= 11 is 1.43. The molecule has 1 aromatic carbocycles. The fraction of sp³-hybridized carbons (Fsp3) is 0.467. The molecule has 0 aliphatic heterocycles. The maximum atomic E-state index is 5.22. The van der Waals surface area contributed by atoms with E-state index in [2.05, 4.69) is 34.6 Å². The van der Waals surface area contributed by atoms with Gasteiger partial charge in [0, 0.05) is 24.5 Å². The first-order valence-corrected chi connectivity index (χ1v) is 7.64. The monoisotopic (exact) mass is 291 g/mol. The zero-order valence-electron chi connectivity index (χ0n) is 12.2. The van der Waals surface area contributed by atoms with Crippen LogP contribution < -0.4 is 10.1 Å². The molecule has 108 valence electrons. The molecule has 0 saturated heterocycles. The van der Waals surface area contributed by atoms with Gasteiger partial charge in [-0.1, -0.05) is 26.0 Å². The molecule has 4 nitrogen and oxygen atoms in total. The van der Waals surface area contributed by atoms with E-state index in [0.717, 1.165) is 41.7 Å². The summed E-state index contributed by atoms with van der Waals surface area (Å²) in [5.41, 5.74) is 1.16. The second-order valence-electron chi connectivity index (χ2n) is 5.15. The molecule has 0 amide bonds. The number of anilines is 1. The summed E-state index contributed by atoms with van der Waals surface area (Å²) in [6.07, 6.45) is 1.88. The summed E-state index contributed by atoms with van der Waals surface area (Å²) in [4.78, 5) is 4.51. The molecule has 0 radical (unpaired) electrons. The van der Waals surface area contributed by atoms with Gasteiger partial charge in [0.1, 0.15) is 11.6 Å². The lowest BCUT2D eigenvalue weighted by Gasteiger charge is -2.04. The molecular formula is C15H21N3OS. The van der Waals surface area contributed by atoms with Crippen LogP contribution >= 0.6 is 11.5 Å². The van der Waals surface area contributed by atoms with Crippen LogP contribution in [-0.2, 0) is 6.42 Å². The number of nitrogens with zero attached hydrogens (tertiary/aromatic N) is 2. The van der Waals surface area contributed by atoms with Crippen LogP contribution in [0.15, 0.2) is 24.3 Å². The fourth-order valence-corrected chi connectivity index (χ4v) is 2.44. The van der Waals surface area contributed by atoms with E-state index >= 15 is 0 Å². The number of hydrogen-bond acceptors (Lipinski definition) is 5. The lowest BCUT2D eigenvalue weighted by Crippen LogP contribution is -2.04. The Hall–Kier alpha value is -1.62. The van der Waals surface area contributed by atoms with Crippen molar-refractivity contribution in [2.75, 3.05) is 19.0 Å². The van der Waals surface area contributed by atoms with E-state index in [-0.39, 0.29) is 0 Å². The van der Waals surface area contributed by atoms with Crippen LogP contribution in [0.1, 0.15) is 31.7 Å². The quantitative estimate of drug-likeness (QED) is 0.846. The summed E-state index contributed by atoms with van der Waals surface area (Å²) in [5.74, 6) is 2.43. The number of rotatable bonds is 7. The second kappa shape index (κ2) is 7.24. The van der Waals surface area contributed by atoms with Gasteiger partial charge in [-0.05, 0) is 30.0 Å². The Morgan fingerprint density at radius 1 is 1.35 bits per heavy atom. The number of aromatic nitrogens is 2. The van der Waals surface area contributed by atoms with E-state index < -0.39 is 0 Å². The third kappa shape index (κ3) is 4.49. The van der Waals surface area contributed by atoms with Gasteiger partial charge in [0.2, 0.25) is 5.13 Å². The van der Waals surface area contributed by atoms with Crippen molar-refractivity contribution in [3.8, 4) is 5.75 Å². The van der Waals surface area contributed by atoms with Gasteiger partial charge in [-0.3, -0.25) is 0 Å². The van der Waals surface area contributed by atoms with Crippen molar-refractivity contribution in [1.29, 1.82) is 0 Å². The molecule has 0 unspecified atom stereocenters. The fourth-order valence-electron chi connectivity index (χ4n) is 1.83. The van der Waals surface area contributed by atoms with E-state index in [4.69, 9.17) is 4.74 Å².